The number of fused-ring (bicyclic) bond motifs is 1. The minimum atomic E-state index is -0.653. The van der Waals surface area contributed by atoms with Crippen molar-refractivity contribution >= 4 is 34.0 Å². The average molecular weight is 427 g/mol. The number of nitro groups is 1. The van der Waals surface area contributed by atoms with Gasteiger partial charge in [-0.1, -0.05) is 12.8 Å². The Morgan fingerprint density at radius 3 is 2.74 bits per heavy atom. The molecule has 1 aliphatic carbocycles. The van der Waals surface area contributed by atoms with Crippen molar-refractivity contribution in [3.63, 3.8) is 0 Å². The van der Waals surface area contributed by atoms with Gasteiger partial charge in [-0.25, -0.2) is 14.8 Å². The third-order valence-corrected chi connectivity index (χ3v) is 5.55. The van der Waals surface area contributed by atoms with E-state index in [4.69, 9.17) is 11.5 Å². The highest BCUT2D eigenvalue weighted by atomic mass is 19.1. The number of nitrogens with two attached hydrogens (primary N) is 2. The molecule has 11 heteroatoms. The number of halogens is 1. The molecule has 1 saturated carbocycles. The van der Waals surface area contributed by atoms with Crippen LogP contribution >= 0.6 is 0 Å². The molecule has 0 radical (unpaired) electrons. The number of pyridine rings is 1. The number of H-pyrrole nitrogens is 1. The van der Waals surface area contributed by atoms with Crippen LogP contribution in [-0.4, -0.2) is 32.9 Å². The summed E-state index contributed by atoms with van der Waals surface area (Å²) in [5.74, 6) is -1.06. The van der Waals surface area contributed by atoms with Crippen molar-refractivity contribution in [3.8, 4) is 0 Å². The third kappa shape index (κ3) is 3.92. The van der Waals surface area contributed by atoms with Gasteiger partial charge in [0.05, 0.1) is 10.5 Å². The lowest BCUT2D eigenvalue weighted by atomic mass is 9.91. The Morgan fingerprint density at radius 1 is 1.32 bits per heavy atom. The second kappa shape index (κ2) is 8.28. The van der Waals surface area contributed by atoms with Gasteiger partial charge in [-0.15, -0.1) is 0 Å². The number of nitrogens with zero attached hydrogens (tertiary/aromatic N) is 3. The molecule has 31 heavy (non-hydrogen) atoms. The normalized spacial score (nSPS) is 18.8. The van der Waals surface area contributed by atoms with E-state index in [0.29, 0.717) is 0 Å². The number of anilines is 2. The molecule has 4 rings (SSSR count). The molecule has 3 aromatic rings. The molecule has 162 valence electrons. The van der Waals surface area contributed by atoms with Crippen LogP contribution in [0.25, 0.3) is 10.9 Å². The number of carbonyl (C=O) groups excluding carboxylic acids is 1. The van der Waals surface area contributed by atoms with Gasteiger partial charge in [0.1, 0.15) is 17.0 Å². The first-order valence-electron chi connectivity index (χ1n) is 9.88. The Balaban J connectivity index is 1.84. The summed E-state index contributed by atoms with van der Waals surface area (Å²) in [6.45, 7) is 0. The smallest absolute Gasteiger partial charge is 0.295 e. The van der Waals surface area contributed by atoms with Crippen LogP contribution in [0.5, 0.6) is 0 Å². The van der Waals surface area contributed by atoms with E-state index >= 15 is 4.39 Å². The Kier molecular flexibility index (Phi) is 5.53. The summed E-state index contributed by atoms with van der Waals surface area (Å²) in [4.78, 5) is 29.4. The molecule has 1 amide bonds. The fraction of sp³-hybridized carbons (Fsp3) is 0.300. The van der Waals surface area contributed by atoms with E-state index in [1.54, 1.807) is 0 Å². The maximum Gasteiger partial charge on any atom is 0.295 e. The lowest BCUT2D eigenvalue weighted by Gasteiger charge is -2.35. The second-order valence-electron chi connectivity index (χ2n) is 7.54. The zero-order valence-corrected chi connectivity index (χ0v) is 16.5. The number of hydrogen-bond donors (Lipinski definition) is 4. The maximum absolute atomic E-state index is 15.5. The molecule has 0 bridgehead atoms. The summed E-state index contributed by atoms with van der Waals surface area (Å²) in [5.41, 5.74) is 14.7. The molecule has 0 saturated heterocycles. The number of nitrogens with one attached hydrogen (secondary N) is 2. The largest absolute Gasteiger partial charge is 0.366 e. The van der Waals surface area contributed by atoms with Gasteiger partial charge in [-0.3, -0.25) is 19.9 Å². The average Bonchev–Trinajstić information content (AvgIpc) is 3.24. The molecular weight excluding hydrogens is 405 g/mol. The van der Waals surface area contributed by atoms with Gasteiger partial charge in [0.2, 0.25) is 5.91 Å². The molecule has 2 heterocycles. The van der Waals surface area contributed by atoms with Gasteiger partial charge in [0, 0.05) is 35.9 Å². The number of non-ortho nitro benzene ring substituents is 1. The van der Waals surface area contributed by atoms with E-state index in [1.165, 1.54) is 35.6 Å². The number of nitro benzene ring substituents is 1. The van der Waals surface area contributed by atoms with Crippen molar-refractivity contribution in [2.45, 2.75) is 37.8 Å². The first kappa shape index (κ1) is 20.7. The number of benzene rings is 1. The number of aromatic amines is 1. The summed E-state index contributed by atoms with van der Waals surface area (Å²) in [5, 5.41) is 13.1. The predicted molar refractivity (Wildman–Crippen MR) is 113 cm³/mol. The molecular formula is C20H22FN7O3. The molecule has 1 aliphatic rings. The summed E-state index contributed by atoms with van der Waals surface area (Å²) in [6.07, 6.45) is 6.23. The first-order chi connectivity index (χ1) is 14.9. The van der Waals surface area contributed by atoms with E-state index in [1.807, 2.05) is 0 Å². The number of rotatable bonds is 6. The first-order valence-corrected chi connectivity index (χ1v) is 9.88. The van der Waals surface area contributed by atoms with E-state index in [9.17, 15) is 14.9 Å². The molecule has 10 nitrogen and oxygen atoms in total. The van der Waals surface area contributed by atoms with Gasteiger partial charge in [-0.2, -0.15) is 0 Å². The molecule has 2 atom stereocenters. The van der Waals surface area contributed by atoms with Gasteiger partial charge < -0.3 is 16.5 Å². The van der Waals surface area contributed by atoms with Crippen LogP contribution in [0, 0.1) is 15.9 Å². The van der Waals surface area contributed by atoms with E-state index < -0.39 is 16.6 Å². The highest BCUT2D eigenvalue weighted by Gasteiger charge is 2.29. The standard InChI is InChI=1S/C20H22FN7O3/c21-18-12-7-8-24-19(12)16(28(30)31)9-15(18)27(26-14-4-2-1-3-13(14)22)17-6-5-11(10-25-17)20(23)29/h5-10,13-14,24,26H,1-4,22H2,(H2,23,29). The Labute approximate surface area is 176 Å². The van der Waals surface area contributed by atoms with E-state index in [2.05, 4.69) is 15.4 Å². The lowest BCUT2D eigenvalue weighted by Crippen LogP contribution is -2.53. The Bertz CT molecular complexity index is 1130. The van der Waals surface area contributed by atoms with Crippen LogP contribution in [-0.2, 0) is 0 Å². The van der Waals surface area contributed by atoms with Crippen LogP contribution in [0.3, 0.4) is 0 Å². The fourth-order valence-electron chi connectivity index (χ4n) is 3.88. The number of primary amides is 1. The summed E-state index contributed by atoms with van der Waals surface area (Å²) >= 11 is 0. The van der Waals surface area contributed by atoms with Crippen molar-refractivity contribution in [1.29, 1.82) is 0 Å². The predicted octanol–water partition coefficient (Wildman–Crippen LogP) is 2.62. The molecule has 6 N–H and O–H groups in total. The van der Waals surface area contributed by atoms with Crippen LogP contribution in [0.15, 0.2) is 36.7 Å². The number of hydrazine groups is 1. The second-order valence-corrected chi connectivity index (χ2v) is 7.54. The zero-order chi connectivity index (χ0) is 22.1. The van der Waals surface area contributed by atoms with Crippen molar-refractivity contribution in [2.24, 2.45) is 11.5 Å². The number of aromatic nitrogens is 2. The molecule has 2 aromatic heterocycles. The molecule has 1 aromatic carbocycles. The molecule has 0 aliphatic heterocycles. The highest BCUT2D eigenvalue weighted by molar-refractivity contribution is 5.94. The number of amides is 1. The lowest BCUT2D eigenvalue weighted by molar-refractivity contribution is -0.383. The third-order valence-electron chi connectivity index (χ3n) is 5.55. The van der Waals surface area contributed by atoms with Crippen molar-refractivity contribution in [1.82, 2.24) is 15.4 Å². The van der Waals surface area contributed by atoms with Gasteiger partial charge >= 0.3 is 0 Å². The zero-order valence-electron chi connectivity index (χ0n) is 16.5. The van der Waals surface area contributed by atoms with Crippen LogP contribution in [0.4, 0.5) is 21.6 Å². The van der Waals surface area contributed by atoms with E-state index in [-0.39, 0.29) is 45.7 Å². The number of hydrogen-bond acceptors (Lipinski definition) is 7. The maximum atomic E-state index is 15.5. The van der Waals surface area contributed by atoms with Crippen LogP contribution in [0.1, 0.15) is 36.0 Å². The van der Waals surface area contributed by atoms with Gasteiger partial charge in [0.15, 0.2) is 5.82 Å². The van der Waals surface area contributed by atoms with Gasteiger partial charge in [0.25, 0.3) is 5.69 Å². The summed E-state index contributed by atoms with van der Waals surface area (Å²) in [6, 6.07) is 5.19. The number of carbonyl (C=O) groups is 1. The quantitative estimate of drug-likeness (QED) is 0.348. The monoisotopic (exact) mass is 427 g/mol. The van der Waals surface area contributed by atoms with Crippen LogP contribution < -0.4 is 21.9 Å². The fourth-order valence-corrected chi connectivity index (χ4v) is 3.88. The topological polar surface area (TPSA) is 156 Å². The van der Waals surface area contributed by atoms with Crippen molar-refractivity contribution in [2.75, 3.05) is 5.01 Å². The minimum absolute atomic E-state index is 0.0732. The Morgan fingerprint density at radius 2 is 2.10 bits per heavy atom. The highest BCUT2D eigenvalue weighted by Crippen LogP contribution is 2.36. The summed E-state index contributed by atoms with van der Waals surface area (Å²) < 4.78 is 15.5. The van der Waals surface area contributed by atoms with E-state index in [0.717, 1.165) is 31.7 Å². The summed E-state index contributed by atoms with van der Waals surface area (Å²) in [7, 11) is 0. The van der Waals surface area contributed by atoms with Crippen LogP contribution in [0.2, 0.25) is 0 Å². The van der Waals surface area contributed by atoms with Crippen molar-refractivity contribution in [3.05, 3.63) is 58.2 Å². The molecule has 2 unspecified atom stereocenters. The Hall–Kier alpha value is -3.57. The SMILES string of the molecule is NC(=O)c1ccc(N(NC2CCCCC2N)c2cc([N+](=O)[O-])c3[nH]ccc3c2F)nc1. The minimum Gasteiger partial charge on any atom is -0.366 e. The van der Waals surface area contributed by atoms with Gasteiger partial charge in [-0.05, 0) is 31.0 Å². The molecule has 1 fully saturated rings. The van der Waals surface area contributed by atoms with Crippen molar-refractivity contribution < 1.29 is 14.1 Å². The molecule has 0 spiro atoms.